The summed E-state index contributed by atoms with van der Waals surface area (Å²) in [6, 6.07) is 17.0. The molecule has 0 fully saturated rings. The van der Waals surface area contributed by atoms with Crippen LogP contribution in [0.15, 0.2) is 48.5 Å². The molecule has 1 aliphatic rings. The van der Waals surface area contributed by atoms with Gasteiger partial charge in [-0.3, -0.25) is 4.90 Å². The van der Waals surface area contributed by atoms with E-state index in [1.165, 1.54) is 16.7 Å². The molecule has 1 atom stereocenters. The number of rotatable bonds is 5. The maximum absolute atomic E-state index is 5.95. The summed E-state index contributed by atoms with van der Waals surface area (Å²) < 4.78 is 5.92. The molecule has 3 heteroatoms. The van der Waals surface area contributed by atoms with E-state index >= 15 is 0 Å². The van der Waals surface area contributed by atoms with Crippen molar-refractivity contribution < 1.29 is 4.74 Å². The second kappa shape index (κ2) is 6.29. The third kappa shape index (κ3) is 2.94. The van der Waals surface area contributed by atoms with Gasteiger partial charge < -0.3 is 10.5 Å². The normalized spacial score (nSPS) is 17.7. The van der Waals surface area contributed by atoms with Crippen LogP contribution < -0.4 is 10.5 Å². The number of benzene rings is 2. The van der Waals surface area contributed by atoms with E-state index in [-0.39, 0.29) is 0 Å². The molecule has 0 saturated carbocycles. The van der Waals surface area contributed by atoms with Crippen LogP contribution in [0.4, 0.5) is 0 Å². The topological polar surface area (TPSA) is 38.5 Å². The molecule has 1 aliphatic heterocycles. The van der Waals surface area contributed by atoms with Crippen molar-refractivity contribution in [2.75, 3.05) is 13.1 Å². The summed E-state index contributed by atoms with van der Waals surface area (Å²) in [5, 5.41) is 0. The number of nitrogens with zero attached hydrogens (tertiary/aromatic N) is 1. The first kappa shape index (κ1) is 14.1. The summed E-state index contributed by atoms with van der Waals surface area (Å²) in [5.74, 6) is 0.925. The van der Waals surface area contributed by atoms with Crippen LogP contribution in [0, 0.1) is 0 Å². The van der Waals surface area contributed by atoms with Gasteiger partial charge >= 0.3 is 0 Å². The van der Waals surface area contributed by atoms with Crippen molar-refractivity contribution in [1.82, 2.24) is 4.90 Å². The SMILES string of the molecule is CCN1Cc2ccc(OCc3ccccc3)cc2C1CN. The highest BCUT2D eigenvalue weighted by Crippen LogP contribution is 2.35. The molecule has 1 heterocycles. The summed E-state index contributed by atoms with van der Waals surface area (Å²) in [5.41, 5.74) is 9.83. The van der Waals surface area contributed by atoms with E-state index in [1.54, 1.807) is 0 Å². The van der Waals surface area contributed by atoms with Crippen LogP contribution in [0.2, 0.25) is 0 Å². The number of nitrogens with two attached hydrogens (primary N) is 1. The molecular weight excluding hydrogens is 260 g/mol. The molecule has 0 aromatic heterocycles. The van der Waals surface area contributed by atoms with Gasteiger partial charge in [-0.2, -0.15) is 0 Å². The highest BCUT2D eigenvalue weighted by atomic mass is 16.5. The van der Waals surface area contributed by atoms with Gasteiger partial charge in [0.05, 0.1) is 0 Å². The standard InChI is InChI=1S/C18H22N2O/c1-2-20-12-15-8-9-16(10-17(15)18(20)11-19)21-13-14-6-4-3-5-7-14/h3-10,18H,2,11-13,19H2,1H3. The molecule has 2 aromatic rings. The van der Waals surface area contributed by atoms with Gasteiger partial charge in [-0.15, -0.1) is 0 Å². The minimum absolute atomic E-state index is 0.324. The average molecular weight is 282 g/mol. The van der Waals surface area contributed by atoms with Crippen molar-refractivity contribution in [1.29, 1.82) is 0 Å². The molecule has 3 rings (SSSR count). The van der Waals surface area contributed by atoms with E-state index < -0.39 is 0 Å². The lowest BCUT2D eigenvalue weighted by molar-refractivity contribution is 0.232. The predicted molar refractivity (Wildman–Crippen MR) is 85.1 cm³/mol. The highest BCUT2D eigenvalue weighted by Gasteiger charge is 2.28. The smallest absolute Gasteiger partial charge is 0.120 e. The van der Waals surface area contributed by atoms with E-state index in [1.807, 2.05) is 18.2 Å². The van der Waals surface area contributed by atoms with Gasteiger partial charge in [0.2, 0.25) is 0 Å². The first-order chi connectivity index (χ1) is 10.3. The largest absolute Gasteiger partial charge is 0.489 e. The van der Waals surface area contributed by atoms with Gasteiger partial charge in [-0.1, -0.05) is 43.3 Å². The second-order valence-corrected chi connectivity index (χ2v) is 5.45. The van der Waals surface area contributed by atoms with Crippen molar-refractivity contribution >= 4 is 0 Å². The quantitative estimate of drug-likeness (QED) is 0.916. The maximum atomic E-state index is 5.95. The second-order valence-electron chi connectivity index (χ2n) is 5.45. The first-order valence-corrected chi connectivity index (χ1v) is 7.55. The first-order valence-electron chi connectivity index (χ1n) is 7.55. The maximum Gasteiger partial charge on any atom is 0.120 e. The molecule has 0 aliphatic carbocycles. The molecule has 3 nitrogen and oxygen atoms in total. The van der Waals surface area contributed by atoms with E-state index in [0.717, 1.165) is 18.8 Å². The molecule has 2 aromatic carbocycles. The lowest BCUT2D eigenvalue weighted by atomic mass is 10.0. The van der Waals surface area contributed by atoms with Gasteiger partial charge in [-0.25, -0.2) is 0 Å². The Bertz CT molecular complexity index is 597. The Morgan fingerprint density at radius 3 is 2.71 bits per heavy atom. The Morgan fingerprint density at radius 1 is 1.19 bits per heavy atom. The van der Waals surface area contributed by atoms with Crippen molar-refractivity contribution in [3.63, 3.8) is 0 Å². The molecule has 0 saturated heterocycles. The van der Waals surface area contributed by atoms with Crippen molar-refractivity contribution in [2.24, 2.45) is 5.73 Å². The third-order valence-corrected chi connectivity index (χ3v) is 4.17. The van der Waals surface area contributed by atoms with Crippen molar-refractivity contribution in [3.05, 3.63) is 65.2 Å². The van der Waals surface area contributed by atoms with Crippen LogP contribution in [-0.2, 0) is 13.2 Å². The Balaban J connectivity index is 1.75. The van der Waals surface area contributed by atoms with Crippen LogP contribution >= 0.6 is 0 Å². The third-order valence-electron chi connectivity index (χ3n) is 4.17. The zero-order valence-corrected chi connectivity index (χ0v) is 12.5. The molecule has 0 bridgehead atoms. The number of hydrogen-bond donors (Lipinski definition) is 1. The van der Waals surface area contributed by atoms with E-state index in [2.05, 4.69) is 42.2 Å². The van der Waals surface area contributed by atoms with Crippen LogP contribution in [0.3, 0.4) is 0 Å². The van der Waals surface area contributed by atoms with E-state index in [4.69, 9.17) is 10.5 Å². The average Bonchev–Trinajstić information content (AvgIpc) is 2.90. The molecule has 21 heavy (non-hydrogen) atoms. The summed E-state index contributed by atoms with van der Waals surface area (Å²) in [6.07, 6.45) is 0. The molecule has 0 spiro atoms. The molecular formula is C18H22N2O. The molecule has 1 unspecified atom stereocenters. The number of ether oxygens (including phenoxy) is 1. The molecule has 0 radical (unpaired) electrons. The van der Waals surface area contributed by atoms with Crippen LogP contribution in [0.25, 0.3) is 0 Å². The molecule has 0 amide bonds. The van der Waals surface area contributed by atoms with Gasteiger partial charge in [0.25, 0.3) is 0 Å². The van der Waals surface area contributed by atoms with Gasteiger partial charge in [0.1, 0.15) is 12.4 Å². The lowest BCUT2D eigenvalue weighted by Gasteiger charge is -2.21. The van der Waals surface area contributed by atoms with Gasteiger partial charge in [0.15, 0.2) is 0 Å². The van der Waals surface area contributed by atoms with E-state index in [0.29, 0.717) is 19.2 Å². The Hall–Kier alpha value is -1.84. The molecule has 110 valence electrons. The Kier molecular flexibility index (Phi) is 4.23. The van der Waals surface area contributed by atoms with Crippen LogP contribution in [0.1, 0.15) is 29.7 Å². The lowest BCUT2D eigenvalue weighted by Crippen LogP contribution is -2.27. The monoisotopic (exact) mass is 282 g/mol. The van der Waals surface area contributed by atoms with Gasteiger partial charge in [-0.05, 0) is 35.4 Å². The number of likely N-dealkylation sites (N-methyl/N-ethyl adjacent to an activating group) is 1. The molecule has 2 N–H and O–H groups in total. The minimum Gasteiger partial charge on any atom is -0.489 e. The Labute approximate surface area is 126 Å². The summed E-state index contributed by atoms with van der Waals surface area (Å²) in [7, 11) is 0. The van der Waals surface area contributed by atoms with E-state index in [9.17, 15) is 0 Å². The van der Waals surface area contributed by atoms with Crippen LogP contribution in [0.5, 0.6) is 5.75 Å². The summed E-state index contributed by atoms with van der Waals surface area (Å²) >= 11 is 0. The minimum atomic E-state index is 0.324. The van der Waals surface area contributed by atoms with Gasteiger partial charge in [0, 0.05) is 19.1 Å². The predicted octanol–water partition coefficient (Wildman–Crippen LogP) is 3.10. The number of fused-ring (bicyclic) bond motifs is 1. The fraction of sp³-hybridized carbons (Fsp3) is 0.333. The van der Waals surface area contributed by atoms with Crippen molar-refractivity contribution in [3.8, 4) is 5.75 Å². The van der Waals surface area contributed by atoms with Crippen LogP contribution in [-0.4, -0.2) is 18.0 Å². The van der Waals surface area contributed by atoms with Crippen molar-refractivity contribution in [2.45, 2.75) is 26.1 Å². The number of hydrogen-bond acceptors (Lipinski definition) is 3. The zero-order valence-electron chi connectivity index (χ0n) is 12.5. The zero-order chi connectivity index (χ0) is 14.7. The Morgan fingerprint density at radius 2 is 2.00 bits per heavy atom. The summed E-state index contributed by atoms with van der Waals surface area (Å²) in [4.78, 5) is 2.41. The fourth-order valence-electron chi connectivity index (χ4n) is 2.99. The highest BCUT2D eigenvalue weighted by molar-refractivity contribution is 5.41. The summed E-state index contributed by atoms with van der Waals surface area (Å²) in [6.45, 7) is 5.46. The fourth-order valence-corrected chi connectivity index (χ4v) is 2.99.